The normalized spacial score (nSPS) is 15.9. The molecule has 0 aliphatic rings. The summed E-state index contributed by atoms with van der Waals surface area (Å²) in [6.45, 7) is 10.7. The minimum atomic E-state index is -1.26. The molecule has 0 aromatic heterocycles. The van der Waals surface area contributed by atoms with Crippen LogP contribution in [0.2, 0.25) is 0 Å². The van der Waals surface area contributed by atoms with Gasteiger partial charge in [0.2, 0.25) is 5.91 Å². The van der Waals surface area contributed by atoms with Crippen LogP contribution >= 0.6 is 0 Å². The quantitative estimate of drug-likeness (QED) is 0.222. The summed E-state index contributed by atoms with van der Waals surface area (Å²) in [6.07, 6.45) is -3.86. The molecule has 0 heterocycles. The Balaban J connectivity index is 2.15. The fourth-order valence-electron chi connectivity index (χ4n) is 4.64. The van der Waals surface area contributed by atoms with Gasteiger partial charge in [-0.2, -0.15) is 0 Å². The maximum absolute atomic E-state index is 12.8. The van der Waals surface area contributed by atoms with Gasteiger partial charge in [0.25, 0.3) is 0 Å². The highest BCUT2D eigenvalue weighted by molar-refractivity contribution is 5.81. The molecule has 0 fully saturated rings. The molecule has 0 radical (unpaired) electrons. The number of carboxylic acid groups (broad SMARTS) is 1. The molecule has 5 atom stereocenters. The van der Waals surface area contributed by atoms with Crippen LogP contribution in [0.4, 0.5) is 4.79 Å². The van der Waals surface area contributed by atoms with Gasteiger partial charge in [-0.05, 0) is 50.2 Å². The van der Waals surface area contributed by atoms with Crippen LogP contribution in [0.3, 0.4) is 0 Å². The zero-order valence-corrected chi connectivity index (χ0v) is 24.5. The fraction of sp³-hybridized carbons (Fsp3) is 0.548. The highest BCUT2D eigenvalue weighted by Crippen LogP contribution is 2.23. The number of rotatable bonds is 13. The highest BCUT2D eigenvalue weighted by atomic mass is 16.4. The molecule has 0 bridgehead atoms. The molecule has 0 spiro atoms. The first kappa shape index (κ1) is 33.2. The molecule has 9 nitrogen and oxygen atoms in total. The van der Waals surface area contributed by atoms with Crippen molar-refractivity contribution in [2.45, 2.75) is 90.3 Å². The predicted molar refractivity (Wildman–Crippen MR) is 156 cm³/mol. The topological polar surface area (TPSA) is 142 Å². The molecule has 2 aromatic rings. The summed E-state index contributed by atoms with van der Waals surface area (Å²) < 4.78 is 0. The summed E-state index contributed by atoms with van der Waals surface area (Å²) in [7, 11) is 0. The van der Waals surface area contributed by atoms with Crippen molar-refractivity contribution in [1.29, 1.82) is 0 Å². The van der Waals surface area contributed by atoms with Crippen LogP contribution in [0.15, 0.2) is 60.7 Å². The Labute approximate surface area is 238 Å². The summed E-state index contributed by atoms with van der Waals surface area (Å²) in [5, 5.41) is 48.6. The number of amides is 2. The van der Waals surface area contributed by atoms with E-state index in [1.165, 1.54) is 4.90 Å². The molecule has 222 valence electrons. The van der Waals surface area contributed by atoms with E-state index < -0.39 is 53.3 Å². The van der Waals surface area contributed by atoms with E-state index in [2.05, 4.69) is 10.6 Å². The minimum Gasteiger partial charge on any atom is -0.465 e. The summed E-state index contributed by atoms with van der Waals surface area (Å²) in [4.78, 5) is 26.3. The van der Waals surface area contributed by atoms with Crippen LogP contribution < -0.4 is 10.6 Å². The number of hydrogen-bond acceptors (Lipinski definition) is 6. The third-order valence-electron chi connectivity index (χ3n) is 6.86. The Bertz CT molecular complexity index is 1050. The Kier molecular flexibility index (Phi) is 12.1. The molecule has 6 N–H and O–H groups in total. The van der Waals surface area contributed by atoms with E-state index in [-0.39, 0.29) is 13.1 Å². The van der Waals surface area contributed by atoms with E-state index in [0.29, 0.717) is 12.8 Å². The molecule has 0 aliphatic carbocycles. The number of aliphatic hydroxyl groups is 3. The van der Waals surface area contributed by atoms with Crippen LogP contribution in [0.5, 0.6) is 0 Å². The first-order valence-electron chi connectivity index (χ1n) is 13.8. The number of carbonyl (C=O) groups is 2. The number of aliphatic hydroxyl groups excluding tert-OH is 3. The third kappa shape index (κ3) is 10.2. The number of nitrogens with zero attached hydrogens (tertiary/aromatic N) is 1. The molecule has 0 aliphatic heterocycles. The monoisotopic (exact) mass is 557 g/mol. The van der Waals surface area contributed by atoms with Crippen molar-refractivity contribution >= 4 is 12.0 Å². The molecule has 0 unspecified atom stereocenters. The minimum absolute atomic E-state index is 0.0189. The van der Waals surface area contributed by atoms with Crippen molar-refractivity contribution < 1.29 is 30.0 Å². The van der Waals surface area contributed by atoms with E-state index in [1.807, 2.05) is 60.7 Å². The molecular formula is C31H47N3O6. The van der Waals surface area contributed by atoms with Crippen molar-refractivity contribution in [2.75, 3.05) is 13.1 Å². The average molecular weight is 558 g/mol. The maximum atomic E-state index is 12.8. The van der Waals surface area contributed by atoms with Crippen LogP contribution in [0.1, 0.15) is 52.7 Å². The van der Waals surface area contributed by atoms with Crippen molar-refractivity contribution in [3.05, 3.63) is 71.8 Å². The summed E-state index contributed by atoms with van der Waals surface area (Å²) in [5.41, 5.74) is 0.364. The molecule has 40 heavy (non-hydrogen) atoms. The Morgan fingerprint density at radius 2 is 1.25 bits per heavy atom. The molecule has 2 rings (SSSR count). The molecule has 0 saturated heterocycles. The van der Waals surface area contributed by atoms with Gasteiger partial charge in [-0.3, -0.25) is 9.69 Å². The van der Waals surface area contributed by atoms with Gasteiger partial charge in [0.1, 0.15) is 6.10 Å². The lowest BCUT2D eigenvalue weighted by Gasteiger charge is -2.42. The Hall–Kier alpha value is -2.98. The molecule has 9 heteroatoms. The van der Waals surface area contributed by atoms with Crippen LogP contribution in [0, 0.1) is 5.41 Å². The first-order chi connectivity index (χ1) is 18.6. The van der Waals surface area contributed by atoms with Crippen LogP contribution in [0.25, 0.3) is 0 Å². The van der Waals surface area contributed by atoms with Crippen molar-refractivity contribution in [3.8, 4) is 0 Å². The highest BCUT2D eigenvalue weighted by Gasteiger charge is 2.37. The summed E-state index contributed by atoms with van der Waals surface area (Å²) in [6, 6.07) is 17.4. The lowest BCUT2D eigenvalue weighted by molar-refractivity contribution is -0.136. The molecule has 0 saturated carbocycles. The van der Waals surface area contributed by atoms with Gasteiger partial charge in [0, 0.05) is 18.6 Å². The van der Waals surface area contributed by atoms with Gasteiger partial charge in [-0.25, -0.2) is 4.79 Å². The van der Waals surface area contributed by atoms with Crippen LogP contribution in [-0.2, 0) is 17.6 Å². The van der Waals surface area contributed by atoms with E-state index >= 15 is 0 Å². The van der Waals surface area contributed by atoms with Crippen LogP contribution in [-0.4, -0.2) is 86.4 Å². The molecular weight excluding hydrogens is 510 g/mol. The van der Waals surface area contributed by atoms with Gasteiger partial charge in [0.15, 0.2) is 0 Å². The molecule has 2 aromatic carbocycles. The largest absolute Gasteiger partial charge is 0.465 e. The smallest absolute Gasteiger partial charge is 0.408 e. The Morgan fingerprint density at radius 3 is 1.70 bits per heavy atom. The third-order valence-corrected chi connectivity index (χ3v) is 6.86. The second-order valence-electron chi connectivity index (χ2n) is 12.4. The van der Waals surface area contributed by atoms with E-state index in [4.69, 9.17) is 0 Å². The van der Waals surface area contributed by atoms with Crippen molar-refractivity contribution in [1.82, 2.24) is 15.5 Å². The van der Waals surface area contributed by atoms with Crippen molar-refractivity contribution in [2.24, 2.45) is 5.41 Å². The second-order valence-corrected chi connectivity index (χ2v) is 12.4. The SMILES string of the molecule is CC(C)(C)[C@H](O)C(=O)N[C@@H](Cc1ccccc1)[C@H](O)CNC[C@@H](O)[C@H](Cc1ccccc1)N(C(=O)O)C(C)(C)C. The van der Waals surface area contributed by atoms with E-state index in [1.54, 1.807) is 41.5 Å². The van der Waals surface area contributed by atoms with Gasteiger partial charge >= 0.3 is 6.09 Å². The predicted octanol–water partition coefficient (Wildman–Crippen LogP) is 2.82. The average Bonchev–Trinajstić information content (AvgIpc) is 2.86. The standard InChI is InChI=1S/C31H47N3O6/c1-30(2,3)27(37)28(38)33-23(17-21-13-9-7-10-14-21)25(35)19-32-20-26(36)24(18-22-15-11-8-12-16-22)34(29(39)40)31(4,5)6/h7-16,23-27,32,35-37H,17-20H2,1-6H3,(H,33,38)(H,39,40)/t23-,24-,25+,26+,27+/m0/s1. The number of benzene rings is 2. The Morgan fingerprint density at radius 1 is 0.775 bits per heavy atom. The van der Waals surface area contributed by atoms with Crippen molar-refractivity contribution in [3.63, 3.8) is 0 Å². The number of carbonyl (C=O) groups excluding carboxylic acids is 1. The number of hydrogen-bond donors (Lipinski definition) is 6. The zero-order chi connectivity index (χ0) is 30.1. The maximum Gasteiger partial charge on any atom is 0.408 e. The van der Waals surface area contributed by atoms with Gasteiger partial charge < -0.3 is 31.1 Å². The van der Waals surface area contributed by atoms with E-state index in [0.717, 1.165) is 11.1 Å². The number of nitrogens with one attached hydrogen (secondary N) is 2. The summed E-state index contributed by atoms with van der Waals surface area (Å²) in [5.74, 6) is -0.572. The lowest BCUT2D eigenvalue weighted by atomic mass is 9.88. The molecule has 2 amide bonds. The van der Waals surface area contributed by atoms with Gasteiger partial charge in [-0.15, -0.1) is 0 Å². The zero-order valence-electron chi connectivity index (χ0n) is 24.5. The summed E-state index contributed by atoms with van der Waals surface area (Å²) >= 11 is 0. The first-order valence-corrected chi connectivity index (χ1v) is 13.8. The lowest BCUT2D eigenvalue weighted by Crippen LogP contribution is -2.58. The fourth-order valence-corrected chi connectivity index (χ4v) is 4.64. The second kappa shape index (κ2) is 14.6. The van der Waals surface area contributed by atoms with E-state index in [9.17, 15) is 30.0 Å². The van der Waals surface area contributed by atoms with Gasteiger partial charge in [0.05, 0.1) is 24.3 Å². The van der Waals surface area contributed by atoms with Gasteiger partial charge in [-0.1, -0.05) is 81.4 Å².